The molecule has 0 aliphatic heterocycles. The predicted octanol–water partition coefficient (Wildman–Crippen LogP) is 4.62. The third-order valence-corrected chi connectivity index (χ3v) is 5.52. The molecular weight excluding hydrogens is 318 g/mol. The third-order valence-electron chi connectivity index (χ3n) is 3.09. The molecule has 0 radical (unpaired) electrons. The number of unbranched alkanes of at least 4 members (excludes halogenated alkanes) is 2. The fourth-order valence-electron chi connectivity index (χ4n) is 1.86. The van der Waals surface area contributed by atoms with Crippen LogP contribution in [0.25, 0.3) is 0 Å². The van der Waals surface area contributed by atoms with Gasteiger partial charge in [-0.1, -0.05) is 33.6 Å². The van der Waals surface area contributed by atoms with Gasteiger partial charge in [-0.2, -0.15) is 0 Å². The van der Waals surface area contributed by atoms with Crippen LogP contribution >= 0.6 is 7.60 Å². The van der Waals surface area contributed by atoms with Gasteiger partial charge < -0.3 is 23.0 Å². The van der Waals surface area contributed by atoms with Gasteiger partial charge >= 0.3 is 14.9 Å². The van der Waals surface area contributed by atoms with Gasteiger partial charge in [0.1, 0.15) is 5.85 Å². The Labute approximate surface area is 142 Å². The second kappa shape index (κ2) is 14.4. The standard InChI is InChI=1S/C15H34BO6P/c1-6-11-13-18-16(19-14-12-7-2)22-15(8-3)23(17,20-9-4)21-10-5/h15H,6-14H2,1-5H3. The van der Waals surface area contributed by atoms with Crippen molar-refractivity contribution in [3.05, 3.63) is 0 Å². The van der Waals surface area contributed by atoms with Crippen LogP contribution in [0.1, 0.15) is 66.7 Å². The maximum Gasteiger partial charge on any atom is 0.640 e. The molecule has 0 bridgehead atoms. The van der Waals surface area contributed by atoms with Crippen molar-refractivity contribution in [3.8, 4) is 0 Å². The topological polar surface area (TPSA) is 63.2 Å². The van der Waals surface area contributed by atoms with E-state index in [1.165, 1.54) is 0 Å². The van der Waals surface area contributed by atoms with Crippen molar-refractivity contribution in [3.63, 3.8) is 0 Å². The maximum atomic E-state index is 12.9. The van der Waals surface area contributed by atoms with E-state index in [-0.39, 0.29) is 0 Å². The van der Waals surface area contributed by atoms with Gasteiger partial charge in [-0.3, -0.25) is 4.57 Å². The number of rotatable bonds is 16. The highest BCUT2D eigenvalue weighted by molar-refractivity contribution is 7.54. The van der Waals surface area contributed by atoms with E-state index < -0.39 is 20.8 Å². The van der Waals surface area contributed by atoms with Crippen LogP contribution in [0.15, 0.2) is 0 Å². The number of hydrogen-bond acceptors (Lipinski definition) is 6. The van der Waals surface area contributed by atoms with Crippen molar-refractivity contribution < 1.29 is 27.6 Å². The Balaban J connectivity index is 4.80. The molecule has 23 heavy (non-hydrogen) atoms. The van der Waals surface area contributed by atoms with Crippen molar-refractivity contribution in [2.45, 2.75) is 72.6 Å². The lowest BCUT2D eigenvalue weighted by Crippen LogP contribution is -2.33. The molecule has 0 heterocycles. The largest absolute Gasteiger partial charge is 0.640 e. The fraction of sp³-hybridized carbons (Fsp3) is 1.00. The van der Waals surface area contributed by atoms with Gasteiger partial charge in [0, 0.05) is 13.2 Å². The predicted molar refractivity (Wildman–Crippen MR) is 93.5 cm³/mol. The minimum absolute atomic E-state index is 0.301. The molecule has 8 heteroatoms. The molecule has 6 nitrogen and oxygen atoms in total. The van der Waals surface area contributed by atoms with E-state index in [9.17, 15) is 4.57 Å². The maximum absolute atomic E-state index is 12.9. The smallest absolute Gasteiger partial charge is 0.386 e. The summed E-state index contributed by atoms with van der Waals surface area (Å²) >= 11 is 0. The molecule has 0 aromatic rings. The van der Waals surface area contributed by atoms with E-state index in [1.807, 2.05) is 6.92 Å². The van der Waals surface area contributed by atoms with Crippen LogP contribution in [-0.4, -0.2) is 39.6 Å². The molecule has 0 saturated heterocycles. The summed E-state index contributed by atoms with van der Waals surface area (Å²) in [4.78, 5) is 0. The Kier molecular flexibility index (Phi) is 14.5. The second-order valence-corrected chi connectivity index (χ2v) is 7.28. The van der Waals surface area contributed by atoms with Crippen molar-refractivity contribution in [1.29, 1.82) is 0 Å². The molecule has 0 spiro atoms. The van der Waals surface area contributed by atoms with Crippen LogP contribution in [0.3, 0.4) is 0 Å². The molecule has 1 unspecified atom stereocenters. The van der Waals surface area contributed by atoms with E-state index in [0.717, 1.165) is 25.7 Å². The molecule has 0 saturated carbocycles. The minimum Gasteiger partial charge on any atom is -0.386 e. The zero-order valence-corrected chi connectivity index (χ0v) is 16.3. The van der Waals surface area contributed by atoms with Crippen molar-refractivity contribution in [2.75, 3.05) is 26.4 Å². The van der Waals surface area contributed by atoms with Crippen LogP contribution in [0.4, 0.5) is 0 Å². The van der Waals surface area contributed by atoms with Crippen LogP contribution in [-0.2, 0) is 27.6 Å². The van der Waals surface area contributed by atoms with Crippen LogP contribution in [0.5, 0.6) is 0 Å². The normalized spacial score (nSPS) is 13.3. The highest BCUT2D eigenvalue weighted by Crippen LogP contribution is 2.54. The highest BCUT2D eigenvalue weighted by Gasteiger charge is 2.39. The Hall–Kier alpha value is 0.0949. The summed E-state index contributed by atoms with van der Waals surface area (Å²) < 4.78 is 40.7. The molecule has 0 N–H and O–H groups in total. The first kappa shape index (κ1) is 23.1. The van der Waals surface area contributed by atoms with E-state index in [0.29, 0.717) is 32.8 Å². The average molecular weight is 352 g/mol. The summed E-state index contributed by atoms with van der Waals surface area (Å²) in [5, 5.41) is 0. The Morgan fingerprint density at radius 2 is 1.35 bits per heavy atom. The van der Waals surface area contributed by atoms with Crippen molar-refractivity contribution in [1.82, 2.24) is 0 Å². The van der Waals surface area contributed by atoms with Gasteiger partial charge in [0.05, 0.1) is 13.2 Å². The summed E-state index contributed by atoms with van der Waals surface area (Å²) in [7, 11) is -4.18. The van der Waals surface area contributed by atoms with Crippen LogP contribution < -0.4 is 0 Å². The first-order valence-electron chi connectivity index (χ1n) is 8.85. The van der Waals surface area contributed by atoms with Gasteiger partial charge in [0.25, 0.3) is 0 Å². The monoisotopic (exact) mass is 352 g/mol. The van der Waals surface area contributed by atoms with Gasteiger partial charge in [-0.15, -0.1) is 0 Å². The van der Waals surface area contributed by atoms with Crippen LogP contribution in [0, 0.1) is 0 Å². The third kappa shape index (κ3) is 9.85. The summed E-state index contributed by atoms with van der Waals surface area (Å²) in [6.07, 6.45) is 4.37. The Morgan fingerprint density at radius 1 is 0.870 bits per heavy atom. The van der Waals surface area contributed by atoms with Crippen LogP contribution in [0.2, 0.25) is 0 Å². The molecule has 0 fully saturated rings. The average Bonchev–Trinajstić information content (AvgIpc) is 2.52. The molecule has 0 aliphatic rings. The van der Waals surface area contributed by atoms with Gasteiger partial charge in [0.2, 0.25) is 0 Å². The van der Waals surface area contributed by atoms with Gasteiger partial charge in [0.15, 0.2) is 0 Å². The molecule has 0 aromatic heterocycles. The van der Waals surface area contributed by atoms with E-state index >= 15 is 0 Å². The molecule has 0 rings (SSSR count). The molecule has 0 aliphatic carbocycles. The first-order chi connectivity index (χ1) is 11.1. The molecule has 1 atom stereocenters. The van der Waals surface area contributed by atoms with Gasteiger partial charge in [-0.05, 0) is 33.1 Å². The lowest BCUT2D eigenvalue weighted by Gasteiger charge is -2.27. The van der Waals surface area contributed by atoms with Gasteiger partial charge in [-0.25, -0.2) is 0 Å². The van der Waals surface area contributed by atoms with E-state index in [4.69, 9.17) is 23.0 Å². The summed E-state index contributed by atoms with van der Waals surface area (Å²) in [6, 6.07) is 0. The lowest BCUT2D eigenvalue weighted by atomic mass is 10.2. The molecular formula is C15H34BO6P. The van der Waals surface area contributed by atoms with Crippen molar-refractivity contribution >= 4 is 14.9 Å². The summed E-state index contributed by atoms with van der Waals surface area (Å²) in [5.74, 6) is -0.698. The first-order valence-corrected chi connectivity index (χ1v) is 10.5. The molecule has 0 aromatic carbocycles. The summed E-state index contributed by atoms with van der Waals surface area (Å²) in [6.45, 7) is 11.3. The summed E-state index contributed by atoms with van der Waals surface area (Å²) in [5.41, 5.74) is 0. The quantitative estimate of drug-likeness (QED) is 0.229. The lowest BCUT2D eigenvalue weighted by molar-refractivity contribution is 0.0630. The molecule has 0 amide bonds. The number of hydrogen-bond donors (Lipinski definition) is 0. The second-order valence-electron chi connectivity index (χ2n) is 5.11. The zero-order valence-electron chi connectivity index (χ0n) is 15.4. The minimum atomic E-state index is -3.34. The SMILES string of the molecule is CCCCOB(OCCCC)OC(CC)P(=O)(OCC)OCC. The van der Waals surface area contributed by atoms with Crippen molar-refractivity contribution in [2.24, 2.45) is 0 Å². The highest BCUT2D eigenvalue weighted by atomic mass is 31.2. The fourth-order valence-corrected chi connectivity index (χ4v) is 3.68. The van der Waals surface area contributed by atoms with E-state index in [2.05, 4.69) is 13.8 Å². The Morgan fingerprint density at radius 3 is 1.70 bits per heavy atom. The van der Waals surface area contributed by atoms with E-state index in [1.54, 1.807) is 13.8 Å². The Bertz CT molecular complexity index is 298. The molecule has 138 valence electrons. The zero-order chi connectivity index (χ0) is 17.6.